The lowest BCUT2D eigenvalue weighted by molar-refractivity contribution is -0.113. The van der Waals surface area contributed by atoms with Crippen LogP contribution in [0, 0.1) is 6.92 Å². The highest BCUT2D eigenvalue weighted by Gasteiger charge is 2.16. The number of carbonyl (C=O) groups excluding carboxylic acids is 1. The first-order chi connectivity index (χ1) is 13.1. The number of furan rings is 1. The molecule has 0 aliphatic carbocycles. The summed E-state index contributed by atoms with van der Waals surface area (Å²) < 4.78 is 7.54. The van der Waals surface area contributed by atoms with E-state index in [1.54, 1.807) is 12.3 Å². The molecule has 0 unspecified atom stereocenters. The Morgan fingerprint density at radius 3 is 2.89 bits per heavy atom. The SMILES string of the molecule is CCc1nnc(SCC(=O)Nc2ccc(C)cc2Cl)c2cc3occc3n12. The predicted molar refractivity (Wildman–Crippen MR) is 108 cm³/mol. The molecule has 0 saturated heterocycles. The van der Waals surface area contributed by atoms with E-state index in [9.17, 15) is 4.79 Å². The third kappa shape index (κ3) is 3.40. The molecule has 0 radical (unpaired) electrons. The summed E-state index contributed by atoms with van der Waals surface area (Å²) >= 11 is 7.51. The standard InChI is InChI=1S/C19H17ClN4O2S/c1-3-17-22-23-19(15-9-16-14(24(15)17)6-7-26-16)27-10-18(25)21-13-5-4-11(2)8-12(13)20/h4-9H,3,10H2,1-2H3,(H,21,25). The molecule has 1 amide bonds. The van der Waals surface area contributed by atoms with Gasteiger partial charge in [0.15, 0.2) is 5.58 Å². The number of hydrogen-bond acceptors (Lipinski definition) is 5. The van der Waals surface area contributed by atoms with Gasteiger partial charge < -0.3 is 9.73 Å². The Balaban J connectivity index is 1.56. The van der Waals surface area contributed by atoms with Gasteiger partial charge in [0.25, 0.3) is 0 Å². The summed E-state index contributed by atoms with van der Waals surface area (Å²) in [6.45, 7) is 3.98. The molecule has 1 N–H and O–H groups in total. The molecule has 27 heavy (non-hydrogen) atoms. The van der Waals surface area contributed by atoms with Crippen LogP contribution < -0.4 is 5.32 Å². The molecular weight excluding hydrogens is 384 g/mol. The van der Waals surface area contributed by atoms with Crippen molar-refractivity contribution in [3.63, 3.8) is 0 Å². The van der Waals surface area contributed by atoms with E-state index in [0.717, 1.165) is 34.4 Å². The zero-order valence-electron chi connectivity index (χ0n) is 14.8. The van der Waals surface area contributed by atoms with E-state index >= 15 is 0 Å². The minimum Gasteiger partial charge on any atom is -0.463 e. The van der Waals surface area contributed by atoms with Crippen molar-refractivity contribution in [2.75, 3.05) is 11.1 Å². The number of anilines is 1. The van der Waals surface area contributed by atoms with E-state index in [4.69, 9.17) is 16.0 Å². The lowest BCUT2D eigenvalue weighted by Gasteiger charge is -2.09. The molecule has 0 aliphatic rings. The Kier molecular flexibility index (Phi) is 4.80. The number of hydrogen-bond donors (Lipinski definition) is 1. The Bertz CT molecular complexity index is 1150. The second kappa shape index (κ2) is 7.25. The summed E-state index contributed by atoms with van der Waals surface area (Å²) in [6, 6.07) is 9.36. The molecule has 6 nitrogen and oxygen atoms in total. The lowest BCUT2D eigenvalue weighted by atomic mass is 10.2. The van der Waals surface area contributed by atoms with Gasteiger partial charge in [0.2, 0.25) is 5.91 Å². The summed E-state index contributed by atoms with van der Waals surface area (Å²) in [6.07, 6.45) is 2.40. The molecule has 8 heteroatoms. The molecule has 3 heterocycles. The number of aromatic nitrogens is 3. The highest BCUT2D eigenvalue weighted by Crippen LogP contribution is 2.29. The summed E-state index contributed by atoms with van der Waals surface area (Å²) in [4.78, 5) is 12.3. The topological polar surface area (TPSA) is 72.4 Å². The first-order valence-corrected chi connectivity index (χ1v) is 9.86. The van der Waals surface area contributed by atoms with Crippen molar-refractivity contribution in [1.29, 1.82) is 0 Å². The van der Waals surface area contributed by atoms with Gasteiger partial charge in [-0.2, -0.15) is 0 Å². The number of benzene rings is 1. The van der Waals surface area contributed by atoms with Gasteiger partial charge in [0.1, 0.15) is 10.9 Å². The minimum absolute atomic E-state index is 0.152. The molecule has 3 aromatic heterocycles. The maximum absolute atomic E-state index is 12.3. The van der Waals surface area contributed by atoms with Crippen LogP contribution in [0.2, 0.25) is 5.02 Å². The largest absolute Gasteiger partial charge is 0.463 e. The molecule has 0 bridgehead atoms. The maximum atomic E-state index is 12.3. The van der Waals surface area contributed by atoms with Crippen molar-refractivity contribution in [2.24, 2.45) is 0 Å². The summed E-state index contributed by atoms with van der Waals surface area (Å²) in [5.74, 6) is 0.897. The van der Waals surface area contributed by atoms with Crippen LogP contribution in [-0.2, 0) is 11.2 Å². The smallest absolute Gasteiger partial charge is 0.234 e. The maximum Gasteiger partial charge on any atom is 0.234 e. The number of carbonyl (C=O) groups is 1. The highest BCUT2D eigenvalue weighted by atomic mass is 35.5. The van der Waals surface area contributed by atoms with Crippen molar-refractivity contribution < 1.29 is 9.21 Å². The number of rotatable bonds is 5. The van der Waals surface area contributed by atoms with Gasteiger partial charge >= 0.3 is 0 Å². The number of amides is 1. The fraction of sp³-hybridized carbons (Fsp3) is 0.211. The fourth-order valence-electron chi connectivity index (χ4n) is 2.93. The van der Waals surface area contributed by atoms with Crippen molar-refractivity contribution in [1.82, 2.24) is 14.6 Å². The molecule has 138 valence electrons. The summed E-state index contributed by atoms with van der Waals surface area (Å²) in [5, 5.41) is 12.7. The van der Waals surface area contributed by atoms with Crippen LogP contribution in [0.4, 0.5) is 5.69 Å². The molecule has 4 rings (SSSR count). The van der Waals surface area contributed by atoms with Crippen LogP contribution >= 0.6 is 23.4 Å². The number of aryl methyl sites for hydroxylation is 2. The average molecular weight is 401 g/mol. The van der Waals surface area contributed by atoms with E-state index in [0.29, 0.717) is 15.7 Å². The normalized spacial score (nSPS) is 11.4. The molecule has 0 saturated carbocycles. The molecule has 0 fully saturated rings. The van der Waals surface area contributed by atoms with E-state index in [1.165, 1.54) is 11.8 Å². The first-order valence-electron chi connectivity index (χ1n) is 8.50. The number of thioether (sulfide) groups is 1. The van der Waals surface area contributed by atoms with Gasteiger partial charge in [-0.15, -0.1) is 10.2 Å². The van der Waals surface area contributed by atoms with Crippen molar-refractivity contribution in [3.05, 3.63) is 53.0 Å². The van der Waals surface area contributed by atoms with E-state index in [1.807, 2.05) is 42.5 Å². The average Bonchev–Trinajstić information content (AvgIpc) is 3.23. The Morgan fingerprint density at radius 1 is 1.26 bits per heavy atom. The zero-order valence-corrected chi connectivity index (χ0v) is 16.4. The van der Waals surface area contributed by atoms with Gasteiger partial charge in [-0.25, -0.2) is 0 Å². The molecule has 1 aromatic carbocycles. The number of nitrogens with one attached hydrogen (secondary N) is 1. The van der Waals surface area contributed by atoms with Crippen LogP contribution in [0.15, 0.2) is 46.0 Å². The molecule has 0 atom stereocenters. The Hall–Kier alpha value is -2.51. The van der Waals surface area contributed by atoms with Gasteiger partial charge in [-0.3, -0.25) is 9.20 Å². The van der Waals surface area contributed by atoms with Crippen LogP contribution in [0.25, 0.3) is 16.6 Å². The van der Waals surface area contributed by atoms with E-state index in [2.05, 4.69) is 15.5 Å². The highest BCUT2D eigenvalue weighted by molar-refractivity contribution is 8.00. The Morgan fingerprint density at radius 2 is 2.11 bits per heavy atom. The number of nitrogens with zero attached hydrogens (tertiary/aromatic N) is 3. The molecule has 0 aliphatic heterocycles. The third-order valence-electron chi connectivity index (χ3n) is 4.21. The van der Waals surface area contributed by atoms with Crippen molar-refractivity contribution in [2.45, 2.75) is 25.3 Å². The summed E-state index contributed by atoms with van der Waals surface area (Å²) in [5.41, 5.74) is 4.26. The van der Waals surface area contributed by atoms with Crippen LogP contribution in [0.3, 0.4) is 0 Å². The Labute approximate surface area is 164 Å². The van der Waals surface area contributed by atoms with Crippen molar-refractivity contribution >= 4 is 51.6 Å². The lowest BCUT2D eigenvalue weighted by Crippen LogP contribution is -2.15. The van der Waals surface area contributed by atoms with E-state index in [-0.39, 0.29) is 11.7 Å². The quantitative estimate of drug-likeness (QED) is 0.490. The fourth-order valence-corrected chi connectivity index (χ4v) is 3.95. The monoisotopic (exact) mass is 400 g/mol. The predicted octanol–water partition coefficient (Wildman–Crippen LogP) is 4.73. The zero-order chi connectivity index (χ0) is 19.0. The minimum atomic E-state index is -0.152. The van der Waals surface area contributed by atoms with Gasteiger partial charge in [-0.1, -0.05) is 36.4 Å². The van der Waals surface area contributed by atoms with Crippen LogP contribution in [-0.4, -0.2) is 26.3 Å². The molecule has 0 spiro atoms. The molecular formula is C19H17ClN4O2S. The van der Waals surface area contributed by atoms with E-state index < -0.39 is 0 Å². The third-order valence-corrected chi connectivity index (χ3v) is 5.49. The second-order valence-corrected chi connectivity index (χ2v) is 7.50. The van der Waals surface area contributed by atoms with Gasteiger partial charge in [-0.05, 0) is 24.6 Å². The van der Waals surface area contributed by atoms with Gasteiger partial charge in [0, 0.05) is 18.6 Å². The summed E-state index contributed by atoms with van der Waals surface area (Å²) in [7, 11) is 0. The van der Waals surface area contributed by atoms with Gasteiger partial charge in [0.05, 0.1) is 33.8 Å². The number of halogens is 1. The van der Waals surface area contributed by atoms with Crippen molar-refractivity contribution in [3.8, 4) is 0 Å². The first kappa shape index (κ1) is 17.9. The van der Waals surface area contributed by atoms with Crippen LogP contribution in [0.1, 0.15) is 18.3 Å². The number of fused-ring (bicyclic) bond motifs is 3. The van der Waals surface area contributed by atoms with Crippen LogP contribution in [0.5, 0.6) is 0 Å². The second-order valence-electron chi connectivity index (χ2n) is 6.13. The molecule has 4 aromatic rings.